The van der Waals surface area contributed by atoms with E-state index in [2.05, 4.69) is 16.0 Å². The molecule has 1 heterocycles. The molecule has 31 heavy (non-hydrogen) atoms. The zero-order chi connectivity index (χ0) is 23.1. The van der Waals surface area contributed by atoms with Gasteiger partial charge in [-0.2, -0.15) is 0 Å². The van der Waals surface area contributed by atoms with Crippen LogP contribution in [0, 0.1) is 29.3 Å². The number of amides is 3. The maximum atomic E-state index is 13.6. The van der Waals surface area contributed by atoms with Crippen LogP contribution in [0.1, 0.15) is 33.6 Å². The first-order valence-electron chi connectivity index (χ1n) is 10.3. The zero-order valence-electron chi connectivity index (χ0n) is 17.9. The fraction of sp³-hybridized carbons (Fsp3) is 0.571. The molecule has 7 nitrogen and oxygen atoms in total. The van der Waals surface area contributed by atoms with Crippen LogP contribution in [-0.4, -0.2) is 54.8 Å². The lowest BCUT2D eigenvalue weighted by Gasteiger charge is -2.36. The predicted octanol–water partition coefficient (Wildman–Crippen LogP) is 2.03. The van der Waals surface area contributed by atoms with E-state index < -0.39 is 41.6 Å². The number of carbonyl (C=O) groups is 3. The molecule has 0 aromatic heterocycles. The number of rotatable bonds is 8. The van der Waals surface area contributed by atoms with Crippen LogP contribution >= 0.6 is 0 Å². The summed E-state index contributed by atoms with van der Waals surface area (Å²) in [5.74, 6) is -5.56. The second-order valence-corrected chi connectivity index (χ2v) is 8.07. The van der Waals surface area contributed by atoms with Gasteiger partial charge in [0.2, 0.25) is 17.7 Å². The third-order valence-corrected chi connectivity index (χ3v) is 5.30. The Balaban J connectivity index is 1.81. The average molecular weight is 442 g/mol. The fourth-order valence-electron chi connectivity index (χ4n) is 3.36. The molecule has 0 saturated carbocycles. The second kappa shape index (κ2) is 11.1. The van der Waals surface area contributed by atoms with Crippen molar-refractivity contribution in [2.75, 3.05) is 31.5 Å². The number of benzene rings is 1. The van der Waals surface area contributed by atoms with E-state index in [1.165, 1.54) is 0 Å². The lowest BCUT2D eigenvalue weighted by Crippen LogP contribution is -2.51. The molecule has 10 heteroatoms. The first-order valence-corrected chi connectivity index (χ1v) is 10.3. The first-order chi connectivity index (χ1) is 14.6. The number of nitrogens with zero attached hydrogens (tertiary/aromatic N) is 1. The van der Waals surface area contributed by atoms with Gasteiger partial charge in [-0.15, -0.1) is 0 Å². The summed E-state index contributed by atoms with van der Waals surface area (Å²) in [4.78, 5) is 38.1. The molecule has 3 N–H and O–H groups in total. The summed E-state index contributed by atoms with van der Waals surface area (Å²) in [6, 6.07) is 1.10. The zero-order valence-corrected chi connectivity index (χ0v) is 17.9. The van der Waals surface area contributed by atoms with Gasteiger partial charge < -0.3 is 16.0 Å². The summed E-state index contributed by atoms with van der Waals surface area (Å²) in [6.45, 7) is 6.83. The molecule has 0 aliphatic carbocycles. The highest BCUT2D eigenvalue weighted by Gasteiger charge is 2.28. The average Bonchev–Trinajstić information content (AvgIpc) is 2.75. The van der Waals surface area contributed by atoms with Gasteiger partial charge in [0.15, 0.2) is 17.5 Å². The second-order valence-electron chi connectivity index (χ2n) is 8.07. The molecule has 0 bridgehead atoms. The van der Waals surface area contributed by atoms with Gasteiger partial charge in [0.1, 0.15) is 0 Å². The molecule has 1 aromatic rings. The Hall–Kier alpha value is -2.62. The van der Waals surface area contributed by atoms with E-state index in [0.717, 1.165) is 25.5 Å². The van der Waals surface area contributed by atoms with Crippen LogP contribution in [0.15, 0.2) is 12.1 Å². The summed E-state index contributed by atoms with van der Waals surface area (Å²) in [5, 5.41) is 7.49. The van der Waals surface area contributed by atoms with Crippen molar-refractivity contribution in [2.45, 2.75) is 39.7 Å². The molecule has 3 amide bonds. The standard InChI is InChI=1S/C21H29F3N4O3/c1-12(2)20(30)25-9-14-5-4-8-28(11-14)13(3)21(31)26-10-17(29)27-16-7-6-15(22)18(23)19(16)24/h6-7,12-14H,4-5,8-11H2,1-3H3,(H,25,30)(H,26,31)(H,27,29). The van der Waals surface area contributed by atoms with Crippen molar-refractivity contribution in [2.24, 2.45) is 11.8 Å². The minimum Gasteiger partial charge on any atom is -0.356 e. The minimum atomic E-state index is -1.68. The summed E-state index contributed by atoms with van der Waals surface area (Å²) in [6.07, 6.45) is 1.83. The Morgan fingerprint density at radius 1 is 1.06 bits per heavy atom. The molecular formula is C21H29F3N4O3. The van der Waals surface area contributed by atoms with E-state index >= 15 is 0 Å². The van der Waals surface area contributed by atoms with Crippen molar-refractivity contribution in [1.82, 2.24) is 15.5 Å². The number of halogens is 3. The number of nitrogens with one attached hydrogen (secondary N) is 3. The summed E-state index contributed by atoms with van der Waals surface area (Å²) < 4.78 is 39.8. The van der Waals surface area contributed by atoms with Gasteiger partial charge in [-0.05, 0) is 44.4 Å². The lowest BCUT2D eigenvalue weighted by molar-refractivity contribution is -0.128. The van der Waals surface area contributed by atoms with E-state index in [1.54, 1.807) is 6.92 Å². The number of carbonyl (C=O) groups excluding carboxylic acids is 3. The topological polar surface area (TPSA) is 90.5 Å². The van der Waals surface area contributed by atoms with Crippen molar-refractivity contribution in [1.29, 1.82) is 0 Å². The highest BCUT2D eigenvalue weighted by Crippen LogP contribution is 2.20. The maximum Gasteiger partial charge on any atom is 0.243 e. The molecule has 2 unspecified atom stereocenters. The van der Waals surface area contributed by atoms with Gasteiger partial charge in [0.05, 0.1) is 18.3 Å². The minimum absolute atomic E-state index is 0.00796. The molecular weight excluding hydrogens is 413 g/mol. The molecule has 1 aromatic carbocycles. The normalized spacial score (nSPS) is 17.8. The number of hydrogen-bond donors (Lipinski definition) is 3. The molecule has 1 aliphatic heterocycles. The Morgan fingerprint density at radius 2 is 1.77 bits per heavy atom. The summed E-state index contributed by atoms with van der Waals surface area (Å²) >= 11 is 0. The van der Waals surface area contributed by atoms with Gasteiger partial charge >= 0.3 is 0 Å². The van der Waals surface area contributed by atoms with Crippen molar-refractivity contribution in [3.8, 4) is 0 Å². The fourth-order valence-corrected chi connectivity index (χ4v) is 3.36. The van der Waals surface area contributed by atoms with Gasteiger partial charge in [0, 0.05) is 19.0 Å². The van der Waals surface area contributed by atoms with Crippen LogP contribution in [-0.2, 0) is 14.4 Å². The highest BCUT2D eigenvalue weighted by atomic mass is 19.2. The predicted molar refractivity (Wildman–Crippen MR) is 110 cm³/mol. The van der Waals surface area contributed by atoms with Gasteiger partial charge in [-0.25, -0.2) is 13.2 Å². The SMILES string of the molecule is CC(C)C(=O)NCC1CCCN(C(C)C(=O)NCC(=O)Nc2ccc(F)c(F)c2F)C1. The van der Waals surface area contributed by atoms with Crippen molar-refractivity contribution < 1.29 is 27.6 Å². The molecule has 2 rings (SSSR count). The van der Waals surface area contributed by atoms with Crippen LogP contribution in [0.2, 0.25) is 0 Å². The van der Waals surface area contributed by atoms with Crippen molar-refractivity contribution in [3.63, 3.8) is 0 Å². The van der Waals surface area contributed by atoms with Gasteiger partial charge in [-0.1, -0.05) is 13.8 Å². The van der Waals surface area contributed by atoms with E-state index in [1.807, 2.05) is 18.7 Å². The number of likely N-dealkylation sites (tertiary alicyclic amines) is 1. The van der Waals surface area contributed by atoms with Crippen LogP contribution < -0.4 is 16.0 Å². The molecule has 1 fully saturated rings. The highest BCUT2D eigenvalue weighted by molar-refractivity contribution is 5.95. The molecule has 1 aliphatic rings. The summed E-state index contributed by atoms with van der Waals surface area (Å²) in [7, 11) is 0. The van der Waals surface area contributed by atoms with E-state index in [-0.39, 0.29) is 23.7 Å². The van der Waals surface area contributed by atoms with Crippen LogP contribution in [0.25, 0.3) is 0 Å². The quantitative estimate of drug-likeness (QED) is 0.538. The number of hydrogen-bond acceptors (Lipinski definition) is 4. The smallest absolute Gasteiger partial charge is 0.243 e. The Labute approximate surface area is 179 Å². The largest absolute Gasteiger partial charge is 0.356 e. The van der Waals surface area contributed by atoms with Crippen molar-refractivity contribution in [3.05, 3.63) is 29.6 Å². The molecule has 0 spiro atoms. The van der Waals surface area contributed by atoms with Gasteiger partial charge in [-0.3, -0.25) is 19.3 Å². The third-order valence-electron chi connectivity index (χ3n) is 5.30. The van der Waals surface area contributed by atoms with E-state index in [9.17, 15) is 27.6 Å². The summed E-state index contributed by atoms with van der Waals surface area (Å²) in [5.41, 5.74) is -0.506. The van der Waals surface area contributed by atoms with Crippen LogP contribution in [0.5, 0.6) is 0 Å². The van der Waals surface area contributed by atoms with Crippen LogP contribution in [0.4, 0.5) is 18.9 Å². The van der Waals surface area contributed by atoms with Crippen LogP contribution in [0.3, 0.4) is 0 Å². The maximum absolute atomic E-state index is 13.6. The van der Waals surface area contributed by atoms with E-state index in [0.29, 0.717) is 19.2 Å². The lowest BCUT2D eigenvalue weighted by atomic mass is 9.96. The molecule has 2 atom stereocenters. The van der Waals surface area contributed by atoms with Gasteiger partial charge in [0.25, 0.3) is 0 Å². The Morgan fingerprint density at radius 3 is 2.45 bits per heavy atom. The number of anilines is 1. The monoisotopic (exact) mass is 442 g/mol. The molecule has 0 radical (unpaired) electrons. The first kappa shape index (κ1) is 24.6. The Bertz CT molecular complexity index is 819. The Kier molecular flexibility index (Phi) is 8.85. The van der Waals surface area contributed by atoms with Crippen molar-refractivity contribution >= 4 is 23.4 Å². The molecule has 172 valence electrons. The van der Waals surface area contributed by atoms with E-state index in [4.69, 9.17) is 0 Å². The third kappa shape index (κ3) is 6.95. The number of piperidine rings is 1. The molecule has 1 saturated heterocycles.